The molecular formula is C14H18Cl2N4. The molecule has 1 aromatic carbocycles. The molecule has 2 aromatic rings. The van der Waals surface area contributed by atoms with Crippen LogP contribution in [-0.4, -0.2) is 22.0 Å². The predicted octanol–water partition coefficient (Wildman–Crippen LogP) is 3.81. The average molecular weight is 313 g/mol. The third-order valence-electron chi connectivity index (χ3n) is 3.37. The Balaban J connectivity index is 2.56. The van der Waals surface area contributed by atoms with Gasteiger partial charge in [0.25, 0.3) is 0 Å². The summed E-state index contributed by atoms with van der Waals surface area (Å²) in [4.78, 5) is 0. The van der Waals surface area contributed by atoms with Crippen LogP contribution in [0.5, 0.6) is 0 Å². The molecular weight excluding hydrogens is 295 g/mol. The highest BCUT2D eigenvalue weighted by Crippen LogP contribution is 2.30. The lowest BCUT2D eigenvalue weighted by molar-refractivity contribution is 0.555. The van der Waals surface area contributed by atoms with Crippen LogP contribution in [0.25, 0.3) is 5.69 Å². The van der Waals surface area contributed by atoms with E-state index < -0.39 is 0 Å². The first kappa shape index (κ1) is 15.3. The molecule has 0 radical (unpaired) electrons. The second-order valence-corrected chi connectivity index (χ2v) is 5.29. The molecule has 1 N–H and O–H groups in total. The molecule has 0 aliphatic heterocycles. The minimum atomic E-state index is 0.191. The number of benzene rings is 1. The molecule has 0 bridgehead atoms. The summed E-state index contributed by atoms with van der Waals surface area (Å²) in [6, 6.07) is 5.71. The van der Waals surface area contributed by atoms with Crippen LogP contribution < -0.4 is 5.32 Å². The van der Waals surface area contributed by atoms with Gasteiger partial charge in [-0.2, -0.15) is 0 Å². The molecule has 1 heterocycles. The van der Waals surface area contributed by atoms with Crippen LogP contribution in [0.3, 0.4) is 0 Å². The molecule has 2 rings (SSSR count). The normalized spacial score (nSPS) is 12.7. The molecule has 0 saturated heterocycles. The Kier molecular flexibility index (Phi) is 5.02. The lowest BCUT2D eigenvalue weighted by Crippen LogP contribution is -2.17. The number of hydrogen-bond acceptors (Lipinski definition) is 3. The van der Waals surface area contributed by atoms with Crippen LogP contribution in [0, 0.1) is 0 Å². The SMILES string of the molecule is CCc1c(C(CC)NC)nnn1-c1cccc(Cl)c1Cl. The highest BCUT2D eigenvalue weighted by atomic mass is 35.5. The van der Waals surface area contributed by atoms with Gasteiger partial charge in [0.2, 0.25) is 0 Å². The van der Waals surface area contributed by atoms with Crippen LogP contribution in [0.1, 0.15) is 37.7 Å². The Morgan fingerprint density at radius 2 is 2.05 bits per heavy atom. The topological polar surface area (TPSA) is 42.7 Å². The average Bonchev–Trinajstić information content (AvgIpc) is 2.87. The molecule has 4 nitrogen and oxygen atoms in total. The maximum Gasteiger partial charge on any atom is 0.103 e. The fourth-order valence-electron chi connectivity index (χ4n) is 2.30. The van der Waals surface area contributed by atoms with E-state index in [0.29, 0.717) is 10.0 Å². The highest BCUT2D eigenvalue weighted by Gasteiger charge is 2.20. The Labute approximate surface area is 129 Å². The highest BCUT2D eigenvalue weighted by molar-refractivity contribution is 6.43. The summed E-state index contributed by atoms with van der Waals surface area (Å²) in [6.45, 7) is 4.20. The third-order valence-corrected chi connectivity index (χ3v) is 4.18. The van der Waals surface area contributed by atoms with Crippen LogP contribution in [-0.2, 0) is 6.42 Å². The molecule has 20 heavy (non-hydrogen) atoms. The number of nitrogens with one attached hydrogen (secondary N) is 1. The first-order valence-corrected chi connectivity index (χ1v) is 7.45. The van der Waals surface area contributed by atoms with Gasteiger partial charge in [-0.25, -0.2) is 4.68 Å². The molecule has 0 spiro atoms. The van der Waals surface area contributed by atoms with E-state index in [1.165, 1.54) is 0 Å². The molecule has 0 aliphatic rings. The maximum absolute atomic E-state index is 6.28. The van der Waals surface area contributed by atoms with Crippen molar-refractivity contribution in [1.82, 2.24) is 20.3 Å². The van der Waals surface area contributed by atoms with Gasteiger partial charge in [-0.15, -0.1) is 5.10 Å². The van der Waals surface area contributed by atoms with Crippen molar-refractivity contribution in [3.8, 4) is 5.69 Å². The Bertz CT molecular complexity index is 591. The van der Waals surface area contributed by atoms with Crippen molar-refractivity contribution in [2.24, 2.45) is 0 Å². The summed E-state index contributed by atoms with van der Waals surface area (Å²) >= 11 is 12.4. The smallest absolute Gasteiger partial charge is 0.103 e. The van der Waals surface area contributed by atoms with Crippen molar-refractivity contribution >= 4 is 23.2 Å². The molecule has 1 aromatic heterocycles. The van der Waals surface area contributed by atoms with E-state index in [-0.39, 0.29) is 6.04 Å². The van der Waals surface area contributed by atoms with Gasteiger partial charge in [0, 0.05) is 0 Å². The molecule has 1 atom stereocenters. The van der Waals surface area contributed by atoms with Crippen molar-refractivity contribution in [3.63, 3.8) is 0 Å². The Morgan fingerprint density at radius 3 is 2.65 bits per heavy atom. The number of hydrogen-bond donors (Lipinski definition) is 1. The first-order chi connectivity index (χ1) is 9.63. The minimum absolute atomic E-state index is 0.191. The molecule has 0 saturated carbocycles. The van der Waals surface area contributed by atoms with E-state index in [0.717, 1.165) is 29.9 Å². The first-order valence-electron chi connectivity index (χ1n) is 6.70. The van der Waals surface area contributed by atoms with E-state index in [1.807, 2.05) is 19.2 Å². The van der Waals surface area contributed by atoms with Gasteiger partial charge in [0.15, 0.2) is 0 Å². The fraction of sp³-hybridized carbons (Fsp3) is 0.429. The summed E-state index contributed by atoms with van der Waals surface area (Å²) in [5, 5.41) is 12.9. The maximum atomic E-state index is 6.28. The van der Waals surface area contributed by atoms with E-state index in [1.54, 1.807) is 10.7 Å². The minimum Gasteiger partial charge on any atom is -0.312 e. The van der Waals surface area contributed by atoms with Gasteiger partial charge >= 0.3 is 0 Å². The quantitative estimate of drug-likeness (QED) is 0.913. The van der Waals surface area contributed by atoms with Crippen molar-refractivity contribution in [2.75, 3.05) is 7.05 Å². The van der Waals surface area contributed by atoms with Crippen LogP contribution in [0.4, 0.5) is 0 Å². The standard InChI is InChI=1S/C14H18Cl2N4/c1-4-10(17-3)14-11(5-2)20(19-18-14)12-8-6-7-9(15)13(12)16/h6-8,10,17H,4-5H2,1-3H3. The number of nitrogens with zero attached hydrogens (tertiary/aromatic N) is 3. The third kappa shape index (κ3) is 2.68. The van der Waals surface area contributed by atoms with Gasteiger partial charge in [-0.3, -0.25) is 0 Å². The second kappa shape index (κ2) is 6.57. The zero-order chi connectivity index (χ0) is 14.7. The van der Waals surface area contributed by atoms with E-state index in [2.05, 4.69) is 29.5 Å². The summed E-state index contributed by atoms with van der Waals surface area (Å²) in [7, 11) is 1.93. The van der Waals surface area contributed by atoms with Crippen LogP contribution >= 0.6 is 23.2 Å². The fourth-order valence-corrected chi connectivity index (χ4v) is 2.67. The second-order valence-electron chi connectivity index (χ2n) is 4.51. The van der Waals surface area contributed by atoms with Crippen molar-refractivity contribution in [3.05, 3.63) is 39.6 Å². The van der Waals surface area contributed by atoms with E-state index >= 15 is 0 Å². The zero-order valence-corrected chi connectivity index (χ0v) is 13.3. The van der Waals surface area contributed by atoms with Gasteiger partial charge in [0.05, 0.1) is 27.5 Å². The molecule has 0 fully saturated rings. The van der Waals surface area contributed by atoms with Gasteiger partial charge in [0.1, 0.15) is 5.69 Å². The lowest BCUT2D eigenvalue weighted by atomic mass is 10.1. The van der Waals surface area contributed by atoms with E-state index in [4.69, 9.17) is 23.2 Å². The molecule has 108 valence electrons. The lowest BCUT2D eigenvalue weighted by Gasteiger charge is -2.13. The van der Waals surface area contributed by atoms with Crippen LogP contribution in [0.15, 0.2) is 18.2 Å². The summed E-state index contributed by atoms with van der Waals surface area (Å²) < 4.78 is 1.78. The number of halogens is 2. The Morgan fingerprint density at radius 1 is 1.30 bits per heavy atom. The monoisotopic (exact) mass is 312 g/mol. The van der Waals surface area contributed by atoms with Gasteiger partial charge in [-0.05, 0) is 32.0 Å². The van der Waals surface area contributed by atoms with Crippen molar-refractivity contribution < 1.29 is 0 Å². The van der Waals surface area contributed by atoms with Crippen molar-refractivity contribution in [2.45, 2.75) is 32.7 Å². The van der Waals surface area contributed by atoms with Gasteiger partial charge < -0.3 is 5.32 Å². The largest absolute Gasteiger partial charge is 0.312 e. The van der Waals surface area contributed by atoms with E-state index in [9.17, 15) is 0 Å². The zero-order valence-electron chi connectivity index (χ0n) is 11.8. The molecule has 1 unspecified atom stereocenters. The molecule has 0 amide bonds. The summed E-state index contributed by atoms with van der Waals surface area (Å²) in [5.41, 5.74) is 2.78. The van der Waals surface area contributed by atoms with Crippen LogP contribution in [0.2, 0.25) is 10.0 Å². The summed E-state index contributed by atoms with van der Waals surface area (Å²) in [5.74, 6) is 0. The Hall–Kier alpha value is -1.10. The van der Waals surface area contributed by atoms with Crippen molar-refractivity contribution in [1.29, 1.82) is 0 Å². The molecule has 6 heteroatoms. The number of rotatable bonds is 5. The summed E-state index contributed by atoms with van der Waals surface area (Å²) in [6.07, 6.45) is 1.77. The van der Waals surface area contributed by atoms with Gasteiger partial charge in [-0.1, -0.05) is 48.3 Å². The number of aromatic nitrogens is 3. The predicted molar refractivity (Wildman–Crippen MR) is 82.8 cm³/mol. The molecule has 0 aliphatic carbocycles.